The summed E-state index contributed by atoms with van der Waals surface area (Å²) in [6.45, 7) is 8.16. The molecule has 0 radical (unpaired) electrons. The highest BCUT2D eigenvalue weighted by atomic mass is 16.5. The lowest BCUT2D eigenvalue weighted by molar-refractivity contribution is 0.409. The van der Waals surface area contributed by atoms with E-state index in [1.807, 2.05) is 23.6 Å². The van der Waals surface area contributed by atoms with Gasteiger partial charge < -0.3 is 14.2 Å². The third-order valence-electron chi connectivity index (χ3n) is 6.05. The Morgan fingerprint density at radius 3 is 2.68 bits per heavy atom. The average Bonchev–Trinajstić information content (AvgIpc) is 3.13. The molecule has 0 N–H and O–H groups in total. The van der Waals surface area contributed by atoms with Gasteiger partial charge in [-0.1, -0.05) is 32.8 Å². The number of ether oxygens (including phenoxy) is 1. The number of rotatable bonds is 6. The molecule has 8 nitrogen and oxygen atoms in total. The van der Waals surface area contributed by atoms with E-state index < -0.39 is 0 Å². The van der Waals surface area contributed by atoms with E-state index in [-0.39, 0.29) is 11.2 Å². The fraction of sp³-hybridized carbons (Fsp3) is 0.522. The minimum atomic E-state index is -0.309. The van der Waals surface area contributed by atoms with Crippen LogP contribution in [0.1, 0.15) is 38.7 Å². The summed E-state index contributed by atoms with van der Waals surface area (Å²) in [7, 11) is 3.35. The number of hydrogen-bond donors (Lipinski definition) is 0. The molecule has 1 aliphatic heterocycles. The minimum Gasteiger partial charge on any atom is -0.495 e. The van der Waals surface area contributed by atoms with Crippen molar-refractivity contribution >= 4 is 22.8 Å². The summed E-state index contributed by atoms with van der Waals surface area (Å²) < 4.78 is 10.5. The number of aromatic nitrogens is 4. The number of fused-ring (bicyclic) bond motifs is 3. The number of unbranched alkanes of at least 4 members (excludes halogenated alkanes) is 2. The van der Waals surface area contributed by atoms with Gasteiger partial charge in [-0.2, -0.15) is 4.98 Å². The van der Waals surface area contributed by atoms with E-state index in [4.69, 9.17) is 9.72 Å². The molecule has 2 aromatic heterocycles. The first kappa shape index (κ1) is 21.2. The van der Waals surface area contributed by atoms with Crippen LogP contribution in [0.5, 0.6) is 5.75 Å². The average molecular weight is 426 g/mol. The van der Waals surface area contributed by atoms with Gasteiger partial charge in [-0.05, 0) is 37.0 Å². The van der Waals surface area contributed by atoms with Crippen LogP contribution < -0.4 is 20.9 Å². The van der Waals surface area contributed by atoms with Crippen molar-refractivity contribution in [1.29, 1.82) is 0 Å². The van der Waals surface area contributed by atoms with Crippen molar-refractivity contribution in [3.8, 4) is 5.75 Å². The Balaban J connectivity index is 1.95. The molecule has 0 fully saturated rings. The van der Waals surface area contributed by atoms with E-state index in [1.165, 1.54) is 9.13 Å². The van der Waals surface area contributed by atoms with Gasteiger partial charge in [-0.15, -0.1) is 0 Å². The Morgan fingerprint density at radius 1 is 1.19 bits per heavy atom. The second-order valence-electron chi connectivity index (χ2n) is 8.59. The molecule has 31 heavy (non-hydrogen) atoms. The highest BCUT2D eigenvalue weighted by Crippen LogP contribution is 2.38. The summed E-state index contributed by atoms with van der Waals surface area (Å²) in [5, 5.41) is 0. The van der Waals surface area contributed by atoms with Crippen molar-refractivity contribution in [2.75, 3.05) is 18.6 Å². The molecule has 4 rings (SSSR count). The number of nitrogens with zero attached hydrogens (tertiary/aromatic N) is 5. The zero-order valence-electron chi connectivity index (χ0n) is 19.0. The molecule has 8 heteroatoms. The van der Waals surface area contributed by atoms with Crippen LogP contribution >= 0.6 is 0 Å². The van der Waals surface area contributed by atoms with Crippen LogP contribution in [-0.4, -0.2) is 32.3 Å². The summed E-state index contributed by atoms with van der Waals surface area (Å²) in [5.41, 5.74) is 2.40. The zero-order chi connectivity index (χ0) is 22.3. The quantitative estimate of drug-likeness (QED) is 0.567. The first-order valence-electron chi connectivity index (χ1n) is 11.0. The van der Waals surface area contributed by atoms with Crippen LogP contribution in [0.15, 0.2) is 27.8 Å². The van der Waals surface area contributed by atoms with Gasteiger partial charge >= 0.3 is 5.69 Å². The number of aryl methyl sites for hydroxylation is 2. The monoisotopic (exact) mass is 425 g/mol. The Kier molecular flexibility index (Phi) is 5.64. The molecule has 1 atom stereocenters. The number of hydrogen-bond acceptors (Lipinski definition) is 5. The van der Waals surface area contributed by atoms with Crippen molar-refractivity contribution in [3.05, 3.63) is 44.6 Å². The topological polar surface area (TPSA) is 74.3 Å². The van der Waals surface area contributed by atoms with Crippen molar-refractivity contribution < 1.29 is 4.74 Å². The summed E-state index contributed by atoms with van der Waals surface area (Å²) in [6.07, 6.45) is 2.82. The molecule has 0 amide bonds. The number of anilines is 2. The lowest BCUT2D eigenvalue weighted by Gasteiger charge is -2.33. The molecule has 3 heterocycles. The van der Waals surface area contributed by atoms with Crippen LogP contribution in [0.4, 0.5) is 11.6 Å². The number of methoxy groups -OCH3 is 1. The second kappa shape index (κ2) is 8.24. The molecule has 0 saturated heterocycles. The molecule has 0 bridgehead atoms. The number of benzene rings is 1. The lowest BCUT2D eigenvalue weighted by Crippen LogP contribution is -2.40. The maximum absolute atomic E-state index is 13.4. The van der Waals surface area contributed by atoms with Gasteiger partial charge in [0, 0.05) is 26.7 Å². The molecule has 3 aromatic rings. The highest BCUT2D eigenvalue weighted by Gasteiger charge is 2.31. The van der Waals surface area contributed by atoms with Crippen molar-refractivity contribution in [3.63, 3.8) is 0 Å². The van der Waals surface area contributed by atoms with Gasteiger partial charge in [0.2, 0.25) is 5.95 Å². The minimum absolute atomic E-state index is 0.252. The smallest absolute Gasteiger partial charge is 0.332 e. The normalized spacial score (nSPS) is 16.0. The van der Waals surface area contributed by atoms with E-state index in [0.29, 0.717) is 36.1 Å². The van der Waals surface area contributed by atoms with Gasteiger partial charge in [0.1, 0.15) is 5.75 Å². The lowest BCUT2D eigenvalue weighted by atomic mass is 10.1. The van der Waals surface area contributed by atoms with Crippen molar-refractivity contribution in [2.24, 2.45) is 13.0 Å². The molecule has 0 saturated carbocycles. The molecule has 0 unspecified atom stereocenters. The van der Waals surface area contributed by atoms with E-state index in [0.717, 1.165) is 42.8 Å². The van der Waals surface area contributed by atoms with Crippen molar-refractivity contribution in [1.82, 2.24) is 18.7 Å². The Bertz CT molecular complexity index is 1240. The van der Waals surface area contributed by atoms with Crippen LogP contribution in [0.25, 0.3) is 11.2 Å². The Morgan fingerprint density at radius 2 is 1.97 bits per heavy atom. The van der Waals surface area contributed by atoms with Crippen LogP contribution in [0.2, 0.25) is 0 Å². The second-order valence-corrected chi connectivity index (χ2v) is 8.59. The molecule has 166 valence electrons. The maximum atomic E-state index is 13.4. The first-order chi connectivity index (χ1) is 14.9. The van der Waals surface area contributed by atoms with Crippen LogP contribution in [0.3, 0.4) is 0 Å². The summed E-state index contributed by atoms with van der Waals surface area (Å²) in [6, 6.07) is 6.04. The van der Waals surface area contributed by atoms with E-state index in [2.05, 4.69) is 24.8 Å². The Hall–Kier alpha value is -3.03. The van der Waals surface area contributed by atoms with E-state index >= 15 is 0 Å². The van der Waals surface area contributed by atoms with Crippen LogP contribution in [0, 0.1) is 12.8 Å². The van der Waals surface area contributed by atoms with Gasteiger partial charge in [0.25, 0.3) is 5.56 Å². The molecule has 0 aliphatic carbocycles. The molecule has 1 aromatic carbocycles. The predicted octanol–water partition coefficient (Wildman–Crippen LogP) is 3.19. The summed E-state index contributed by atoms with van der Waals surface area (Å²) in [4.78, 5) is 33.2. The van der Waals surface area contributed by atoms with Gasteiger partial charge in [0.05, 0.1) is 12.8 Å². The third kappa shape index (κ3) is 3.54. The van der Waals surface area contributed by atoms with Gasteiger partial charge in [-0.3, -0.25) is 13.9 Å². The fourth-order valence-corrected chi connectivity index (χ4v) is 4.44. The molecular formula is C23H31N5O3. The molecule has 0 spiro atoms. The number of imidazole rings is 1. The van der Waals surface area contributed by atoms with E-state index in [1.54, 1.807) is 14.2 Å². The van der Waals surface area contributed by atoms with Crippen molar-refractivity contribution in [2.45, 2.75) is 53.1 Å². The standard InChI is InChI=1S/C23H31N5O3/c1-6-7-8-11-26-21(29)19-20(25(4)23(26)30)24-22-27(13-16(3)14-28(19)22)17-12-15(2)9-10-18(17)31-5/h9-10,12,16H,6-8,11,13-14H2,1-5H3/t16-/m1/s1. The van der Waals surface area contributed by atoms with E-state index in [9.17, 15) is 9.59 Å². The summed E-state index contributed by atoms with van der Waals surface area (Å²) >= 11 is 0. The van der Waals surface area contributed by atoms with Gasteiger partial charge in [0.15, 0.2) is 11.2 Å². The largest absolute Gasteiger partial charge is 0.495 e. The SMILES string of the molecule is CCCCCn1c(=O)c2c(nc3n2C[C@H](C)CN3c2cc(C)ccc2OC)n(C)c1=O. The maximum Gasteiger partial charge on any atom is 0.332 e. The fourth-order valence-electron chi connectivity index (χ4n) is 4.44. The third-order valence-corrected chi connectivity index (χ3v) is 6.05. The Labute approximate surface area is 181 Å². The zero-order valence-corrected chi connectivity index (χ0v) is 19.0. The van der Waals surface area contributed by atoms with Crippen LogP contribution in [-0.2, 0) is 20.1 Å². The van der Waals surface area contributed by atoms with Gasteiger partial charge in [-0.25, -0.2) is 4.79 Å². The molecule has 1 aliphatic rings. The highest BCUT2D eigenvalue weighted by molar-refractivity contribution is 5.78. The summed E-state index contributed by atoms with van der Waals surface area (Å²) in [5.74, 6) is 1.72. The predicted molar refractivity (Wildman–Crippen MR) is 123 cm³/mol. The first-order valence-corrected chi connectivity index (χ1v) is 11.0. The molecular weight excluding hydrogens is 394 g/mol.